The van der Waals surface area contributed by atoms with Gasteiger partial charge in [-0.2, -0.15) is 0 Å². The molecule has 0 saturated carbocycles. The van der Waals surface area contributed by atoms with Gasteiger partial charge in [-0.15, -0.1) is 0 Å². The zero-order chi connectivity index (χ0) is 13.4. The molecule has 0 aliphatic carbocycles. The molecule has 0 heterocycles. The van der Waals surface area contributed by atoms with Gasteiger partial charge in [-0.1, -0.05) is 43.7 Å². The van der Waals surface area contributed by atoms with E-state index in [1.54, 1.807) is 0 Å². The van der Waals surface area contributed by atoms with E-state index in [0.29, 0.717) is 12.0 Å². The summed E-state index contributed by atoms with van der Waals surface area (Å²) in [4.78, 5) is 0. The van der Waals surface area contributed by atoms with E-state index in [0.717, 1.165) is 26.2 Å². The average molecular weight is 249 g/mol. The Morgan fingerprint density at radius 2 is 2.06 bits per heavy atom. The number of hydrogen-bond acceptors (Lipinski definition) is 2. The van der Waals surface area contributed by atoms with E-state index in [1.807, 2.05) is 0 Å². The maximum Gasteiger partial charge on any atom is 0.0509 e. The molecule has 18 heavy (non-hydrogen) atoms. The first kappa shape index (κ1) is 15.2. The fourth-order valence-corrected chi connectivity index (χ4v) is 2.05. The van der Waals surface area contributed by atoms with Gasteiger partial charge in [0.1, 0.15) is 0 Å². The summed E-state index contributed by atoms with van der Waals surface area (Å²) < 4.78 is 5.59. The van der Waals surface area contributed by atoms with Gasteiger partial charge in [0.05, 0.1) is 6.61 Å². The van der Waals surface area contributed by atoms with E-state index in [4.69, 9.17) is 4.74 Å². The van der Waals surface area contributed by atoms with Crippen LogP contribution < -0.4 is 5.32 Å². The summed E-state index contributed by atoms with van der Waals surface area (Å²) in [5, 5.41) is 3.51. The van der Waals surface area contributed by atoms with Crippen LogP contribution in [-0.2, 0) is 11.2 Å². The summed E-state index contributed by atoms with van der Waals surface area (Å²) in [6, 6.07) is 9.30. The third kappa shape index (κ3) is 6.18. The van der Waals surface area contributed by atoms with Gasteiger partial charge in [-0.3, -0.25) is 0 Å². The van der Waals surface area contributed by atoms with Crippen molar-refractivity contribution in [1.29, 1.82) is 0 Å². The molecule has 0 aliphatic heterocycles. The number of hydrogen-bond donors (Lipinski definition) is 1. The van der Waals surface area contributed by atoms with E-state index in [9.17, 15) is 0 Å². The molecule has 102 valence electrons. The zero-order valence-corrected chi connectivity index (χ0v) is 12.2. The normalized spacial score (nSPS) is 12.9. The predicted octanol–water partition coefficient (Wildman–Crippen LogP) is 3.19. The second-order valence-corrected chi connectivity index (χ2v) is 5.28. The standard InChI is InChI=1S/C16H27NO/c1-5-18-12-16(11-17-13(2)3)10-15-8-6-7-14(4)9-15/h6-9,13,16-17H,5,10-12H2,1-4H3. The van der Waals surface area contributed by atoms with Crippen molar-refractivity contribution in [2.24, 2.45) is 5.92 Å². The van der Waals surface area contributed by atoms with Crippen LogP contribution in [0.3, 0.4) is 0 Å². The molecule has 2 heteroatoms. The summed E-state index contributed by atoms with van der Waals surface area (Å²) in [5.41, 5.74) is 2.74. The lowest BCUT2D eigenvalue weighted by atomic mass is 9.98. The minimum atomic E-state index is 0.534. The fraction of sp³-hybridized carbons (Fsp3) is 0.625. The molecule has 0 bridgehead atoms. The van der Waals surface area contributed by atoms with Crippen molar-refractivity contribution in [3.8, 4) is 0 Å². The van der Waals surface area contributed by atoms with E-state index in [2.05, 4.69) is 57.3 Å². The van der Waals surface area contributed by atoms with Crippen molar-refractivity contribution < 1.29 is 4.74 Å². The zero-order valence-electron chi connectivity index (χ0n) is 12.2. The summed E-state index contributed by atoms with van der Waals surface area (Å²) in [5.74, 6) is 0.550. The Balaban J connectivity index is 2.53. The van der Waals surface area contributed by atoms with Gasteiger partial charge in [0.15, 0.2) is 0 Å². The van der Waals surface area contributed by atoms with Crippen LogP contribution in [0.1, 0.15) is 31.9 Å². The van der Waals surface area contributed by atoms with Crippen LogP contribution in [0.5, 0.6) is 0 Å². The summed E-state index contributed by atoms with van der Waals surface area (Å²) in [7, 11) is 0. The van der Waals surface area contributed by atoms with Crippen LogP contribution in [0.15, 0.2) is 24.3 Å². The first-order chi connectivity index (χ1) is 8.61. The molecule has 0 radical (unpaired) electrons. The fourth-order valence-electron chi connectivity index (χ4n) is 2.05. The van der Waals surface area contributed by atoms with Crippen LogP contribution in [0.4, 0.5) is 0 Å². The highest BCUT2D eigenvalue weighted by Gasteiger charge is 2.10. The molecule has 0 aliphatic rings. The average Bonchev–Trinajstić information content (AvgIpc) is 2.32. The van der Waals surface area contributed by atoms with Crippen molar-refractivity contribution >= 4 is 0 Å². The van der Waals surface area contributed by atoms with Crippen LogP contribution >= 0.6 is 0 Å². The first-order valence-corrected chi connectivity index (χ1v) is 6.98. The largest absolute Gasteiger partial charge is 0.381 e. The summed E-state index contributed by atoms with van der Waals surface area (Å²) in [6.07, 6.45) is 1.08. The maximum absolute atomic E-state index is 5.59. The molecule has 1 aromatic carbocycles. The molecular weight excluding hydrogens is 222 g/mol. The SMILES string of the molecule is CCOCC(CNC(C)C)Cc1cccc(C)c1. The number of aryl methyl sites for hydroxylation is 1. The van der Waals surface area contributed by atoms with Gasteiger partial charge in [0.2, 0.25) is 0 Å². The second kappa shape index (κ2) is 8.28. The van der Waals surface area contributed by atoms with Crippen LogP contribution in [-0.4, -0.2) is 25.8 Å². The number of nitrogens with one attached hydrogen (secondary N) is 1. The Hall–Kier alpha value is -0.860. The second-order valence-electron chi connectivity index (χ2n) is 5.28. The molecule has 0 fully saturated rings. The molecule has 0 saturated heterocycles. The predicted molar refractivity (Wildman–Crippen MR) is 78.0 cm³/mol. The van der Waals surface area contributed by atoms with Crippen LogP contribution in [0.25, 0.3) is 0 Å². The molecule has 1 N–H and O–H groups in total. The van der Waals surface area contributed by atoms with E-state index in [1.165, 1.54) is 11.1 Å². The Kier molecular flexibility index (Phi) is 6.99. The van der Waals surface area contributed by atoms with Crippen molar-refractivity contribution in [3.63, 3.8) is 0 Å². The van der Waals surface area contributed by atoms with Crippen molar-refractivity contribution in [2.75, 3.05) is 19.8 Å². The van der Waals surface area contributed by atoms with Gasteiger partial charge >= 0.3 is 0 Å². The summed E-state index contributed by atoms with van der Waals surface area (Å²) >= 11 is 0. The van der Waals surface area contributed by atoms with E-state index in [-0.39, 0.29) is 0 Å². The molecule has 1 rings (SSSR count). The minimum absolute atomic E-state index is 0.534. The van der Waals surface area contributed by atoms with Gasteiger partial charge in [-0.05, 0) is 31.7 Å². The van der Waals surface area contributed by atoms with Gasteiger partial charge < -0.3 is 10.1 Å². The Labute approximate surface area is 112 Å². The summed E-state index contributed by atoms with van der Waals surface area (Å²) in [6.45, 7) is 11.2. The smallest absolute Gasteiger partial charge is 0.0509 e. The van der Waals surface area contributed by atoms with Crippen molar-refractivity contribution in [2.45, 2.75) is 40.2 Å². The Morgan fingerprint density at radius 3 is 2.67 bits per heavy atom. The van der Waals surface area contributed by atoms with Gasteiger partial charge in [-0.25, -0.2) is 0 Å². The lowest BCUT2D eigenvalue weighted by molar-refractivity contribution is 0.109. The molecule has 0 spiro atoms. The number of rotatable bonds is 8. The highest BCUT2D eigenvalue weighted by Crippen LogP contribution is 2.11. The molecule has 1 atom stereocenters. The molecule has 2 nitrogen and oxygen atoms in total. The molecule has 0 amide bonds. The van der Waals surface area contributed by atoms with Crippen LogP contribution in [0.2, 0.25) is 0 Å². The van der Waals surface area contributed by atoms with Gasteiger partial charge in [0, 0.05) is 19.2 Å². The quantitative estimate of drug-likeness (QED) is 0.764. The maximum atomic E-state index is 5.59. The number of ether oxygens (including phenoxy) is 1. The Bertz CT molecular complexity index is 336. The lowest BCUT2D eigenvalue weighted by Gasteiger charge is -2.19. The molecular formula is C16H27NO. The first-order valence-electron chi connectivity index (χ1n) is 6.98. The lowest BCUT2D eigenvalue weighted by Crippen LogP contribution is -2.32. The monoisotopic (exact) mass is 249 g/mol. The van der Waals surface area contributed by atoms with Crippen LogP contribution in [0, 0.1) is 12.8 Å². The highest BCUT2D eigenvalue weighted by atomic mass is 16.5. The van der Waals surface area contributed by atoms with Crippen molar-refractivity contribution in [1.82, 2.24) is 5.32 Å². The minimum Gasteiger partial charge on any atom is -0.381 e. The van der Waals surface area contributed by atoms with E-state index < -0.39 is 0 Å². The highest BCUT2D eigenvalue weighted by molar-refractivity contribution is 5.22. The van der Waals surface area contributed by atoms with Gasteiger partial charge in [0.25, 0.3) is 0 Å². The molecule has 1 unspecified atom stereocenters. The van der Waals surface area contributed by atoms with E-state index >= 15 is 0 Å². The number of benzene rings is 1. The van der Waals surface area contributed by atoms with Crippen molar-refractivity contribution in [3.05, 3.63) is 35.4 Å². The molecule has 0 aromatic heterocycles. The topological polar surface area (TPSA) is 21.3 Å². The Morgan fingerprint density at radius 1 is 1.28 bits per heavy atom. The molecule has 1 aromatic rings. The third-order valence-electron chi connectivity index (χ3n) is 2.98. The third-order valence-corrected chi connectivity index (χ3v) is 2.98.